The van der Waals surface area contributed by atoms with Gasteiger partial charge in [0.25, 0.3) is 5.91 Å². The summed E-state index contributed by atoms with van der Waals surface area (Å²) in [5.41, 5.74) is 9.19. The van der Waals surface area contributed by atoms with Gasteiger partial charge in [0.05, 0.1) is 22.5 Å². The van der Waals surface area contributed by atoms with Crippen LogP contribution in [0.3, 0.4) is 0 Å². The van der Waals surface area contributed by atoms with Gasteiger partial charge in [-0.1, -0.05) is 36.4 Å². The Balaban J connectivity index is 1.84. The van der Waals surface area contributed by atoms with Crippen LogP contribution in [0.1, 0.15) is 31.8 Å². The van der Waals surface area contributed by atoms with Crippen LogP contribution in [-0.4, -0.2) is 22.9 Å². The number of nitrogens with two attached hydrogens (primary N) is 1. The second kappa shape index (κ2) is 7.56. The number of fused-ring (bicyclic) bond motifs is 1. The molecule has 1 heterocycles. The smallest absolute Gasteiger partial charge is 0.335 e. The molecule has 148 valence electrons. The molecule has 0 saturated carbocycles. The van der Waals surface area contributed by atoms with E-state index in [0.29, 0.717) is 33.8 Å². The molecule has 7 heteroatoms. The Morgan fingerprint density at radius 2 is 1.53 bits per heavy atom. The van der Waals surface area contributed by atoms with E-state index in [2.05, 4.69) is 10.6 Å². The number of primary amides is 1. The third-order valence-corrected chi connectivity index (χ3v) is 4.76. The van der Waals surface area contributed by atoms with Crippen LogP contribution in [0, 0.1) is 0 Å². The number of carbonyl (C=O) groups is 3. The molecule has 0 radical (unpaired) electrons. The van der Waals surface area contributed by atoms with E-state index in [-0.39, 0.29) is 11.5 Å². The average Bonchev–Trinajstić information content (AvgIpc) is 3.07. The number of anilines is 2. The molecule has 5 N–H and O–H groups in total. The summed E-state index contributed by atoms with van der Waals surface area (Å²) in [7, 11) is 0. The third kappa shape index (κ3) is 3.51. The first-order valence-corrected chi connectivity index (χ1v) is 9.09. The molecule has 30 heavy (non-hydrogen) atoms. The first-order chi connectivity index (χ1) is 14.4. The Morgan fingerprint density at radius 1 is 0.867 bits per heavy atom. The van der Waals surface area contributed by atoms with Crippen molar-refractivity contribution in [2.75, 3.05) is 10.6 Å². The van der Waals surface area contributed by atoms with Crippen molar-refractivity contribution in [1.82, 2.24) is 0 Å². The van der Waals surface area contributed by atoms with Crippen LogP contribution in [0.2, 0.25) is 0 Å². The van der Waals surface area contributed by atoms with Crippen LogP contribution in [0.15, 0.2) is 72.8 Å². The van der Waals surface area contributed by atoms with Crippen molar-refractivity contribution in [3.05, 3.63) is 95.1 Å². The fourth-order valence-electron chi connectivity index (χ4n) is 3.30. The van der Waals surface area contributed by atoms with Crippen molar-refractivity contribution in [2.24, 2.45) is 5.73 Å². The molecule has 1 aliphatic rings. The van der Waals surface area contributed by atoms with Crippen molar-refractivity contribution < 1.29 is 19.5 Å². The van der Waals surface area contributed by atoms with E-state index in [0.717, 1.165) is 5.56 Å². The van der Waals surface area contributed by atoms with Crippen LogP contribution in [0.5, 0.6) is 0 Å². The number of nitrogens with one attached hydrogen (secondary N) is 2. The molecule has 0 aromatic heterocycles. The zero-order valence-electron chi connectivity index (χ0n) is 15.7. The highest BCUT2D eigenvalue weighted by atomic mass is 16.4. The summed E-state index contributed by atoms with van der Waals surface area (Å²) in [5.74, 6) is -1.94. The molecule has 0 saturated heterocycles. The van der Waals surface area contributed by atoms with Crippen LogP contribution in [0.25, 0.3) is 11.3 Å². The highest BCUT2D eigenvalue weighted by Gasteiger charge is 2.29. The highest BCUT2D eigenvalue weighted by Crippen LogP contribution is 2.38. The molecular weight excluding hydrogens is 382 g/mol. The second-order valence-corrected chi connectivity index (χ2v) is 6.70. The molecule has 0 aliphatic carbocycles. The van der Waals surface area contributed by atoms with Gasteiger partial charge in [0.15, 0.2) is 0 Å². The van der Waals surface area contributed by atoms with Crippen LogP contribution >= 0.6 is 0 Å². The lowest BCUT2D eigenvalue weighted by Gasteiger charge is -2.15. The number of carboxylic acids is 1. The summed E-state index contributed by atoms with van der Waals surface area (Å²) >= 11 is 0. The first-order valence-electron chi connectivity index (χ1n) is 9.09. The van der Waals surface area contributed by atoms with Crippen LogP contribution < -0.4 is 16.4 Å². The van der Waals surface area contributed by atoms with Gasteiger partial charge in [-0.2, -0.15) is 0 Å². The molecule has 0 fully saturated rings. The van der Waals surface area contributed by atoms with Gasteiger partial charge in [0.2, 0.25) is 5.91 Å². The lowest BCUT2D eigenvalue weighted by molar-refractivity contribution is -0.110. The maximum atomic E-state index is 12.8. The molecule has 2 amide bonds. The lowest BCUT2D eigenvalue weighted by atomic mass is 9.99. The van der Waals surface area contributed by atoms with Gasteiger partial charge in [-0.05, 0) is 42.0 Å². The minimum absolute atomic E-state index is 0.0894. The van der Waals surface area contributed by atoms with Gasteiger partial charge < -0.3 is 21.5 Å². The number of aromatic carboxylic acids is 1. The van der Waals surface area contributed by atoms with Gasteiger partial charge in [-0.3, -0.25) is 9.59 Å². The molecule has 7 nitrogen and oxygen atoms in total. The zero-order chi connectivity index (χ0) is 21.3. The number of hydrogen-bond acceptors (Lipinski definition) is 4. The fraction of sp³-hybridized carbons (Fsp3) is 0. The predicted molar refractivity (Wildman–Crippen MR) is 114 cm³/mol. The normalized spacial score (nSPS) is 13.9. The molecule has 4 rings (SSSR count). The van der Waals surface area contributed by atoms with E-state index in [4.69, 9.17) is 5.73 Å². The highest BCUT2D eigenvalue weighted by molar-refractivity contribution is 6.37. The summed E-state index contributed by atoms with van der Waals surface area (Å²) in [6, 6.07) is 20.4. The quantitative estimate of drug-likeness (QED) is 0.490. The van der Waals surface area contributed by atoms with E-state index in [9.17, 15) is 19.5 Å². The number of carbonyl (C=O) groups excluding carboxylic acids is 2. The van der Waals surface area contributed by atoms with E-state index >= 15 is 0 Å². The lowest BCUT2D eigenvalue weighted by Crippen LogP contribution is -2.11. The topological polar surface area (TPSA) is 122 Å². The molecule has 0 bridgehead atoms. The molecule has 0 atom stereocenters. The Hall–Kier alpha value is -4.39. The summed E-state index contributed by atoms with van der Waals surface area (Å²) in [5, 5.41) is 15.2. The van der Waals surface area contributed by atoms with Crippen molar-refractivity contribution in [2.45, 2.75) is 0 Å². The summed E-state index contributed by atoms with van der Waals surface area (Å²) in [6.07, 6.45) is 0. The predicted octanol–water partition coefficient (Wildman–Crippen LogP) is 3.42. The van der Waals surface area contributed by atoms with E-state index < -0.39 is 11.9 Å². The molecule has 1 aliphatic heterocycles. The minimum Gasteiger partial charge on any atom is -0.478 e. The SMILES string of the molecule is NC(=O)c1ccc(N/C(=C2\C(=O)Nc3cc(C(=O)O)ccc32)c2ccccc2)cc1. The fourth-order valence-corrected chi connectivity index (χ4v) is 3.30. The molecule has 3 aromatic carbocycles. The van der Waals surface area contributed by atoms with Crippen molar-refractivity contribution in [3.8, 4) is 0 Å². The summed E-state index contributed by atoms with van der Waals surface area (Å²) in [4.78, 5) is 35.4. The largest absolute Gasteiger partial charge is 0.478 e. The van der Waals surface area contributed by atoms with Gasteiger partial charge in [0, 0.05) is 16.8 Å². The molecular formula is C23H17N3O4. The van der Waals surface area contributed by atoms with Crippen molar-refractivity contribution in [3.63, 3.8) is 0 Å². The Bertz CT molecular complexity index is 1200. The van der Waals surface area contributed by atoms with Gasteiger partial charge in [-0.25, -0.2) is 4.79 Å². The number of benzene rings is 3. The van der Waals surface area contributed by atoms with Crippen LogP contribution in [-0.2, 0) is 4.79 Å². The number of hydrogen-bond donors (Lipinski definition) is 4. The monoisotopic (exact) mass is 399 g/mol. The van der Waals surface area contributed by atoms with Crippen molar-refractivity contribution in [1.29, 1.82) is 0 Å². The third-order valence-electron chi connectivity index (χ3n) is 4.76. The van der Waals surface area contributed by atoms with Gasteiger partial charge >= 0.3 is 5.97 Å². The standard InChI is InChI=1S/C23H17N3O4/c24-21(27)14-6-9-16(10-7-14)25-20(13-4-2-1-3-5-13)19-17-11-8-15(23(29)30)12-18(17)26-22(19)28/h1-12,25H,(H2,24,27)(H,26,28)(H,29,30)/b20-19-. The number of carboxylic acid groups (broad SMARTS) is 1. The summed E-state index contributed by atoms with van der Waals surface area (Å²) < 4.78 is 0. The van der Waals surface area contributed by atoms with Gasteiger partial charge in [0.1, 0.15) is 0 Å². The van der Waals surface area contributed by atoms with E-state index in [1.165, 1.54) is 12.1 Å². The maximum absolute atomic E-state index is 12.8. The maximum Gasteiger partial charge on any atom is 0.335 e. The van der Waals surface area contributed by atoms with E-state index in [1.54, 1.807) is 30.3 Å². The average molecular weight is 399 g/mol. The van der Waals surface area contributed by atoms with Crippen LogP contribution in [0.4, 0.5) is 11.4 Å². The van der Waals surface area contributed by atoms with Crippen molar-refractivity contribution >= 4 is 40.4 Å². The Kier molecular flexibility index (Phi) is 4.77. The van der Waals surface area contributed by atoms with E-state index in [1.807, 2.05) is 30.3 Å². The molecule has 0 unspecified atom stereocenters. The van der Waals surface area contributed by atoms with Gasteiger partial charge in [-0.15, -0.1) is 0 Å². The number of amides is 2. The Labute approximate surface area is 171 Å². The summed E-state index contributed by atoms with van der Waals surface area (Å²) in [6.45, 7) is 0. The number of rotatable bonds is 5. The second-order valence-electron chi connectivity index (χ2n) is 6.70. The first kappa shape index (κ1) is 18.9. The zero-order valence-corrected chi connectivity index (χ0v) is 15.7. The molecule has 0 spiro atoms. The Morgan fingerprint density at radius 3 is 2.17 bits per heavy atom. The molecule has 3 aromatic rings. The minimum atomic E-state index is -1.07.